The van der Waals surface area contributed by atoms with Gasteiger partial charge in [0.15, 0.2) is 0 Å². The molecular formula is C52H35BrN2. The first-order chi connectivity index (χ1) is 27.1. The van der Waals surface area contributed by atoms with Crippen molar-refractivity contribution in [1.82, 2.24) is 9.97 Å². The number of halogens is 1. The molecule has 0 saturated carbocycles. The standard InChI is InChI=1S/C52H35BrN2/c53-48-30-44(46-32-49(40-17-9-3-10-18-40)54-51(34-46)42-25-21-38(22-26-42)36-13-5-1-6-14-36)29-45(31-48)47-33-50(41-19-11-4-12-20-41)55-52(35-47)43-27-23-39(24-28-43)37-15-7-2-8-16-37/h1-35H. The molecule has 0 spiro atoms. The molecule has 0 bridgehead atoms. The van der Waals surface area contributed by atoms with E-state index < -0.39 is 0 Å². The van der Waals surface area contributed by atoms with Gasteiger partial charge in [0.05, 0.1) is 22.8 Å². The lowest BCUT2D eigenvalue weighted by molar-refractivity contribution is 1.32. The molecule has 2 nitrogen and oxygen atoms in total. The molecule has 0 saturated heterocycles. The highest BCUT2D eigenvalue weighted by Gasteiger charge is 2.14. The first kappa shape index (κ1) is 34.1. The van der Waals surface area contributed by atoms with E-state index in [2.05, 4.69) is 204 Å². The van der Waals surface area contributed by atoms with E-state index in [4.69, 9.17) is 9.97 Å². The third kappa shape index (κ3) is 7.57. The fourth-order valence-corrected chi connectivity index (χ4v) is 7.55. The molecule has 0 radical (unpaired) electrons. The van der Waals surface area contributed by atoms with Crippen LogP contribution >= 0.6 is 15.9 Å². The minimum atomic E-state index is 0.925. The van der Waals surface area contributed by atoms with Crippen LogP contribution < -0.4 is 0 Å². The van der Waals surface area contributed by atoms with Crippen LogP contribution in [0.4, 0.5) is 0 Å². The smallest absolute Gasteiger partial charge is 0.0715 e. The highest BCUT2D eigenvalue weighted by atomic mass is 79.9. The molecular weight excluding hydrogens is 732 g/mol. The minimum absolute atomic E-state index is 0.925. The van der Waals surface area contributed by atoms with Crippen molar-refractivity contribution in [2.75, 3.05) is 0 Å². The molecule has 260 valence electrons. The summed E-state index contributed by atoms with van der Waals surface area (Å²) in [5, 5.41) is 0. The van der Waals surface area contributed by atoms with Gasteiger partial charge >= 0.3 is 0 Å². The molecule has 0 amide bonds. The first-order valence-electron chi connectivity index (χ1n) is 18.4. The summed E-state index contributed by atoms with van der Waals surface area (Å²) >= 11 is 3.89. The van der Waals surface area contributed by atoms with E-state index in [-0.39, 0.29) is 0 Å². The third-order valence-electron chi connectivity index (χ3n) is 9.93. The third-order valence-corrected chi connectivity index (χ3v) is 10.4. The van der Waals surface area contributed by atoms with Crippen LogP contribution in [0.5, 0.6) is 0 Å². The zero-order valence-electron chi connectivity index (χ0n) is 30.0. The van der Waals surface area contributed by atoms with E-state index in [0.717, 1.165) is 71.8 Å². The number of aromatic nitrogens is 2. The Morgan fingerprint density at radius 2 is 0.455 bits per heavy atom. The average Bonchev–Trinajstić information content (AvgIpc) is 3.27. The van der Waals surface area contributed by atoms with Crippen LogP contribution in [0.1, 0.15) is 0 Å². The Labute approximate surface area is 330 Å². The second-order valence-electron chi connectivity index (χ2n) is 13.6. The second-order valence-corrected chi connectivity index (χ2v) is 14.5. The van der Waals surface area contributed by atoms with E-state index in [1.165, 1.54) is 22.3 Å². The van der Waals surface area contributed by atoms with Crippen LogP contribution in [-0.2, 0) is 0 Å². The van der Waals surface area contributed by atoms with Gasteiger partial charge in [0, 0.05) is 26.7 Å². The number of pyridine rings is 2. The Hall–Kier alpha value is -6.68. The number of hydrogen-bond acceptors (Lipinski definition) is 2. The molecule has 3 heteroatoms. The largest absolute Gasteiger partial charge is 0.248 e. The first-order valence-corrected chi connectivity index (χ1v) is 19.2. The summed E-state index contributed by atoms with van der Waals surface area (Å²) in [7, 11) is 0. The molecule has 0 unspecified atom stereocenters. The number of benzene rings is 7. The van der Waals surface area contributed by atoms with Crippen LogP contribution in [0.25, 0.3) is 89.5 Å². The predicted molar refractivity (Wildman–Crippen MR) is 233 cm³/mol. The van der Waals surface area contributed by atoms with Gasteiger partial charge in [-0.1, -0.05) is 186 Å². The van der Waals surface area contributed by atoms with Crippen molar-refractivity contribution in [1.29, 1.82) is 0 Å². The normalized spacial score (nSPS) is 11.0. The van der Waals surface area contributed by atoms with E-state index >= 15 is 0 Å². The quantitative estimate of drug-likeness (QED) is 0.154. The number of hydrogen-bond donors (Lipinski definition) is 0. The monoisotopic (exact) mass is 766 g/mol. The maximum absolute atomic E-state index is 5.20. The molecule has 55 heavy (non-hydrogen) atoms. The van der Waals surface area contributed by atoms with Gasteiger partial charge in [-0.2, -0.15) is 0 Å². The van der Waals surface area contributed by atoms with Gasteiger partial charge < -0.3 is 0 Å². The van der Waals surface area contributed by atoms with Crippen molar-refractivity contribution in [2.24, 2.45) is 0 Å². The summed E-state index contributed by atoms with van der Waals surface area (Å²) in [5.41, 5.74) is 17.1. The molecule has 9 aromatic rings. The Bertz CT molecular complexity index is 2520. The van der Waals surface area contributed by atoms with Crippen LogP contribution in [0.3, 0.4) is 0 Å². The highest BCUT2D eigenvalue weighted by molar-refractivity contribution is 9.10. The van der Waals surface area contributed by atoms with Crippen LogP contribution in [0.15, 0.2) is 217 Å². The second kappa shape index (κ2) is 15.4. The van der Waals surface area contributed by atoms with Gasteiger partial charge in [-0.25, -0.2) is 9.97 Å². The molecule has 2 heterocycles. The van der Waals surface area contributed by atoms with Gasteiger partial charge in [-0.15, -0.1) is 0 Å². The summed E-state index contributed by atoms with van der Waals surface area (Å²) in [6.45, 7) is 0. The summed E-state index contributed by atoms with van der Waals surface area (Å²) in [6, 6.07) is 74.7. The number of rotatable bonds is 8. The van der Waals surface area contributed by atoms with Crippen LogP contribution in [-0.4, -0.2) is 9.97 Å². The molecule has 0 N–H and O–H groups in total. The summed E-state index contributed by atoms with van der Waals surface area (Å²) in [4.78, 5) is 10.4. The Morgan fingerprint density at radius 1 is 0.218 bits per heavy atom. The Morgan fingerprint density at radius 3 is 0.782 bits per heavy atom. The van der Waals surface area contributed by atoms with Crippen molar-refractivity contribution < 1.29 is 0 Å². The lowest BCUT2D eigenvalue weighted by Gasteiger charge is -2.14. The molecule has 9 rings (SSSR count). The average molecular weight is 768 g/mol. The Kier molecular flexibility index (Phi) is 9.52. The van der Waals surface area contributed by atoms with E-state index in [9.17, 15) is 0 Å². The van der Waals surface area contributed by atoms with Crippen LogP contribution in [0.2, 0.25) is 0 Å². The van der Waals surface area contributed by atoms with Crippen molar-refractivity contribution in [3.8, 4) is 89.5 Å². The van der Waals surface area contributed by atoms with E-state index in [1.807, 2.05) is 24.3 Å². The molecule has 0 atom stereocenters. The maximum atomic E-state index is 5.20. The van der Waals surface area contributed by atoms with E-state index in [0.29, 0.717) is 0 Å². The molecule has 0 aliphatic rings. The maximum Gasteiger partial charge on any atom is 0.0715 e. The fraction of sp³-hybridized carbons (Fsp3) is 0. The zero-order valence-corrected chi connectivity index (χ0v) is 31.6. The predicted octanol–water partition coefficient (Wildman–Crippen LogP) is 14.6. The van der Waals surface area contributed by atoms with Crippen LogP contribution in [0, 0.1) is 0 Å². The van der Waals surface area contributed by atoms with Crippen molar-refractivity contribution in [3.05, 3.63) is 217 Å². The molecule has 0 aliphatic heterocycles. The molecule has 0 aliphatic carbocycles. The lowest BCUT2D eigenvalue weighted by atomic mass is 9.95. The van der Waals surface area contributed by atoms with Crippen molar-refractivity contribution >= 4 is 15.9 Å². The Balaban J connectivity index is 1.15. The SMILES string of the molecule is Brc1cc(-c2cc(-c3ccccc3)nc(-c3ccc(-c4ccccc4)cc3)c2)cc(-c2cc(-c3ccccc3)nc(-c3ccc(-c4ccccc4)cc3)c2)c1. The number of nitrogens with zero attached hydrogens (tertiary/aromatic N) is 2. The van der Waals surface area contributed by atoms with Gasteiger partial charge in [-0.3, -0.25) is 0 Å². The highest BCUT2D eigenvalue weighted by Crippen LogP contribution is 2.37. The van der Waals surface area contributed by atoms with Gasteiger partial charge in [-0.05, 0) is 87.0 Å². The van der Waals surface area contributed by atoms with Gasteiger partial charge in [0.25, 0.3) is 0 Å². The summed E-state index contributed by atoms with van der Waals surface area (Å²) < 4.78 is 0.999. The van der Waals surface area contributed by atoms with Crippen molar-refractivity contribution in [2.45, 2.75) is 0 Å². The molecule has 0 fully saturated rings. The zero-order chi connectivity index (χ0) is 37.0. The lowest BCUT2D eigenvalue weighted by Crippen LogP contribution is -1.93. The van der Waals surface area contributed by atoms with Gasteiger partial charge in [0.1, 0.15) is 0 Å². The van der Waals surface area contributed by atoms with E-state index in [1.54, 1.807) is 0 Å². The summed E-state index contributed by atoms with van der Waals surface area (Å²) in [6.07, 6.45) is 0. The topological polar surface area (TPSA) is 25.8 Å². The summed E-state index contributed by atoms with van der Waals surface area (Å²) in [5.74, 6) is 0. The molecule has 7 aromatic carbocycles. The fourth-order valence-electron chi connectivity index (χ4n) is 7.05. The minimum Gasteiger partial charge on any atom is -0.248 e. The van der Waals surface area contributed by atoms with Crippen molar-refractivity contribution in [3.63, 3.8) is 0 Å². The van der Waals surface area contributed by atoms with Gasteiger partial charge in [0.2, 0.25) is 0 Å². The molecule has 2 aromatic heterocycles.